The lowest BCUT2D eigenvalue weighted by Gasteiger charge is -2.63. The summed E-state index contributed by atoms with van der Waals surface area (Å²) in [5.41, 5.74) is 1.28. The van der Waals surface area contributed by atoms with Gasteiger partial charge in [0.15, 0.2) is 5.78 Å². The van der Waals surface area contributed by atoms with Gasteiger partial charge < -0.3 is 9.84 Å². The molecule has 29 heavy (non-hydrogen) atoms. The van der Waals surface area contributed by atoms with Gasteiger partial charge in [0.05, 0.1) is 6.61 Å². The molecule has 0 amide bonds. The third-order valence-electron chi connectivity index (χ3n) is 8.90. The van der Waals surface area contributed by atoms with Crippen molar-refractivity contribution >= 4 is 56.9 Å². The van der Waals surface area contributed by atoms with Crippen LogP contribution >= 0.6 is 45.2 Å². The predicted molar refractivity (Wildman–Crippen MR) is 127 cm³/mol. The summed E-state index contributed by atoms with van der Waals surface area (Å²) in [4.78, 5) is 24.3. The quantitative estimate of drug-likeness (QED) is 0.215. The molecule has 0 radical (unpaired) electrons. The molecule has 4 fully saturated rings. The molecule has 5 rings (SSSR count). The van der Waals surface area contributed by atoms with E-state index in [0.29, 0.717) is 24.0 Å². The zero-order chi connectivity index (χ0) is 20.7. The maximum Gasteiger partial charge on any atom is 0.330 e. The second-order valence-electron chi connectivity index (χ2n) is 10.0. The highest BCUT2D eigenvalue weighted by molar-refractivity contribution is 14.1. The number of esters is 1. The molecule has 6 atom stereocenters. The summed E-state index contributed by atoms with van der Waals surface area (Å²) < 4.78 is 5.91. The van der Waals surface area contributed by atoms with Crippen LogP contribution in [-0.2, 0) is 14.3 Å². The average molecular weight is 622 g/mol. The average Bonchev–Trinajstić information content (AvgIpc) is 3.35. The molecule has 0 aromatic carbocycles. The van der Waals surface area contributed by atoms with E-state index in [4.69, 9.17) is 4.74 Å². The van der Waals surface area contributed by atoms with Crippen LogP contribution in [0.3, 0.4) is 0 Å². The van der Waals surface area contributed by atoms with Gasteiger partial charge in [-0.05, 0) is 80.3 Å². The molecule has 4 saturated carbocycles. The van der Waals surface area contributed by atoms with Crippen LogP contribution in [0.1, 0.15) is 57.8 Å². The van der Waals surface area contributed by atoms with Crippen LogP contribution in [0.5, 0.6) is 0 Å². The third kappa shape index (κ3) is 2.76. The number of hydrogen-bond acceptors (Lipinski definition) is 4. The van der Waals surface area contributed by atoms with Crippen LogP contribution < -0.4 is 0 Å². The van der Waals surface area contributed by atoms with Crippen molar-refractivity contribution in [3.63, 3.8) is 0 Å². The largest absolute Gasteiger partial charge is 0.459 e. The molecule has 6 heteroatoms. The van der Waals surface area contributed by atoms with Crippen LogP contribution in [0.2, 0.25) is 0 Å². The van der Waals surface area contributed by atoms with Gasteiger partial charge in [-0.1, -0.05) is 51.8 Å². The summed E-state index contributed by atoms with van der Waals surface area (Å²) >= 11 is 5.45. The molecule has 0 aromatic heterocycles. The minimum Gasteiger partial charge on any atom is -0.459 e. The second kappa shape index (κ2) is 6.77. The zero-order valence-electron chi connectivity index (χ0n) is 16.6. The molecule has 0 heterocycles. The molecule has 0 saturated heterocycles. The number of rotatable bonds is 3. The number of fused-ring (bicyclic) bond motifs is 6. The number of alkyl halides is 2. The SMILES string of the molecule is C=CC(=O)OC1CCC2C3(I)CC4(CC4)C4=CC(=O)CCC4(I)C3CCC12CO. The van der Waals surface area contributed by atoms with Gasteiger partial charge in [-0.3, -0.25) is 4.79 Å². The standard InChI is InChI=1S/C23H28I2O4/c1-2-19(28)29-18-4-3-15-21(18,13-26)7-6-16-22(24)8-5-14(27)11-17(22)20(9-10-20)12-23(15,16)25/h2,11,15-16,18,26H,1,3-10,12-13H2. The Balaban J connectivity index is 1.56. The Hall–Kier alpha value is 0.0400. The first-order valence-electron chi connectivity index (χ1n) is 10.8. The highest BCUT2D eigenvalue weighted by atomic mass is 127. The zero-order valence-corrected chi connectivity index (χ0v) is 20.9. The molecule has 5 aliphatic carbocycles. The lowest BCUT2D eigenvalue weighted by atomic mass is 9.49. The normalized spacial score (nSPS) is 46.9. The van der Waals surface area contributed by atoms with Crippen molar-refractivity contribution in [3.8, 4) is 0 Å². The lowest BCUT2D eigenvalue weighted by Crippen LogP contribution is -2.64. The first-order chi connectivity index (χ1) is 13.7. The Kier molecular flexibility index (Phi) is 4.88. The van der Waals surface area contributed by atoms with Crippen molar-refractivity contribution < 1.29 is 19.4 Å². The van der Waals surface area contributed by atoms with Gasteiger partial charge in [-0.15, -0.1) is 0 Å². The number of carbonyl (C=O) groups excluding carboxylic acids is 2. The molecule has 0 bridgehead atoms. The highest BCUT2D eigenvalue weighted by Gasteiger charge is 2.73. The van der Waals surface area contributed by atoms with Crippen molar-refractivity contribution in [2.75, 3.05) is 6.61 Å². The molecule has 0 aromatic rings. The fourth-order valence-electron chi connectivity index (χ4n) is 7.54. The lowest BCUT2D eigenvalue weighted by molar-refractivity contribution is -0.156. The van der Waals surface area contributed by atoms with E-state index in [-0.39, 0.29) is 36.4 Å². The summed E-state index contributed by atoms with van der Waals surface area (Å²) in [6, 6.07) is 0. The van der Waals surface area contributed by atoms with Gasteiger partial charge in [0, 0.05) is 24.8 Å². The summed E-state index contributed by atoms with van der Waals surface area (Å²) in [6.07, 6.45) is 11.8. The Bertz CT molecular complexity index is 818. The van der Waals surface area contributed by atoms with Crippen LogP contribution in [0.15, 0.2) is 24.3 Å². The van der Waals surface area contributed by atoms with Gasteiger partial charge in [0.25, 0.3) is 0 Å². The van der Waals surface area contributed by atoms with Crippen molar-refractivity contribution in [2.24, 2.45) is 22.7 Å². The van der Waals surface area contributed by atoms with E-state index in [0.717, 1.165) is 38.5 Å². The number of hydrogen-bond donors (Lipinski definition) is 1. The predicted octanol–water partition coefficient (Wildman–Crippen LogP) is 4.70. The van der Waals surface area contributed by atoms with E-state index in [1.54, 1.807) is 0 Å². The van der Waals surface area contributed by atoms with Gasteiger partial charge in [0.2, 0.25) is 0 Å². The maximum absolute atomic E-state index is 12.3. The molecule has 6 unspecified atom stereocenters. The number of halogens is 2. The highest BCUT2D eigenvalue weighted by Crippen LogP contribution is 2.77. The molecule has 158 valence electrons. The number of aliphatic hydroxyl groups excluding tert-OH is 1. The molecule has 1 spiro atoms. The fraction of sp³-hybridized carbons (Fsp3) is 0.739. The van der Waals surface area contributed by atoms with Crippen molar-refractivity contribution in [1.29, 1.82) is 0 Å². The number of aliphatic hydroxyl groups is 1. The minimum atomic E-state index is -0.378. The van der Waals surface area contributed by atoms with Crippen LogP contribution in [0.4, 0.5) is 0 Å². The summed E-state index contributed by atoms with van der Waals surface area (Å²) in [5, 5.41) is 10.6. The smallest absolute Gasteiger partial charge is 0.330 e. The Labute approximate surface area is 199 Å². The van der Waals surface area contributed by atoms with Crippen LogP contribution in [0.25, 0.3) is 0 Å². The summed E-state index contributed by atoms with van der Waals surface area (Å²) in [7, 11) is 0. The number of ketones is 1. The van der Waals surface area contributed by atoms with Gasteiger partial charge in [0.1, 0.15) is 6.10 Å². The topological polar surface area (TPSA) is 63.6 Å². The third-order valence-corrected chi connectivity index (χ3v) is 12.7. The molecular weight excluding hydrogens is 594 g/mol. The van der Waals surface area contributed by atoms with Crippen molar-refractivity contribution in [1.82, 2.24) is 0 Å². The van der Waals surface area contributed by atoms with Crippen molar-refractivity contribution in [2.45, 2.75) is 70.7 Å². The number of ether oxygens (including phenoxy) is 1. The monoisotopic (exact) mass is 622 g/mol. The van der Waals surface area contributed by atoms with E-state index in [1.165, 1.54) is 24.5 Å². The molecule has 1 N–H and O–H groups in total. The molecule has 4 nitrogen and oxygen atoms in total. The van der Waals surface area contributed by atoms with E-state index in [2.05, 4.69) is 51.8 Å². The first-order valence-corrected chi connectivity index (χ1v) is 13.0. The van der Waals surface area contributed by atoms with E-state index < -0.39 is 0 Å². The van der Waals surface area contributed by atoms with Gasteiger partial charge >= 0.3 is 5.97 Å². The molecular formula is C23H28I2O4. The second-order valence-corrected chi connectivity index (χ2v) is 13.9. The van der Waals surface area contributed by atoms with Gasteiger partial charge in [-0.2, -0.15) is 0 Å². The number of carbonyl (C=O) groups is 2. The summed E-state index contributed by atoms with van der Waals surface area (Å²) in [5.74, 6) is 0.764. The molecule has 0 aliphatic heterocycles. The van der Waals surface area contributed by atoms with Crippen LogP contribution in [-0.4, -0.2) is 36.4 Å². The van der Waals surface area contributed by atoms with Gasteiger partial charge in [-0.25, -0.2) is 4.79 Å². The Morgan fingerprint density at radius 2 is 1.97 bits per heavy atom. The number of allylic oxidation sites excluding steroid dienone is 1. The molecule has 5 aliphatic rings. The maximum atomic E-state index is 12.3. The minimum absolute atomic E-state index is 0.0547. The summed E-state index contributed by atoms with van der Waals surface area (Å²) in [6.45, 7) is 3.62. The van der Waals surface area contributed by atoms with Crippen LogP contribution in [0, 0.1) is 22.7 Å². The van der Waals surface area contributed by atoms with E-state index >= 15 is 0 Å². The van der Waals surface area contributed by atoms with E-state index in [1.807, 2.05) is 6.08 Å². The Morgan fingerprint density at radius 1 is 1.21 bits per heavy atom. The van der Waals surface area contributed by atoms with Crippen molar-refractivity contribution in [3.05, 3.63) is 24.3 Å². The first kappa shape index (κ1) is 20.9. The fourth-order valence-corrected chi connectivity index (χ4v) is 12.5. The van der Waals surface area contributed by atoms with E-state index in [9.17, 15) is 14.7 Å². The Morgan fingerprint density at radius 3 is 2.62 bits per heavy atom.